The normalized spacial score (nSPS) is 17.3. The van der Waals surface area contributed by atoms with E-state index in [1.807, 2.05) is 38.1 Å². The summed E-state index contributed by atoms with van der Waals surface area (Å²) >= 11 is 0. The molecule has 1 N–H and O–H groups in total. The molecule has 0 aromatic heterocycles. The van der Waals surface area contributed by atoms with Crippen LogP contribution < -0.4 is 10.1 Å². The Hall–Kier alpha value is -1.63. The Morgan fingerprint density at radius 2 is 1.85 bits per heavy atom. The van der Waals surface area contributed by atoms with Crippen molar-refractivity contribution in [3.63, 3.8) is 0 Å². The summed E-state index contributed by atoms with van der Waals surface area (Å²) in [6.45, 7) is 11.6. The first-order valence-electron chi connectivity index (χ1n) is 10.1. The molecule has 152 valence electrons. The van der Waals surface area contributed by atoms with Crippen LogP contribution in [0.1, 0.15) is 40.0 Å². The van der Waals surface area contributed by atoms with Gasteiger partial charge in [0.05, 0.1) is 13.2 Å². The molecule has 1 aromatic carbocycles. The van der Waals surface area contributed by atoms with Crippen molar-refractivity contribution < 1.29 is 19.0 Å². The Morgan fingerprint density at radius 3 is 2.48 bits per heavy atom. The number of hydrogen-bond donors (Lipinski definition) is 1. The minimum Gasteiger partial charge on any atom is -0.492 e. The summed E-state index contributed by atoms with van der Waals surface area (Å²) in [5, 5.41) is 2.97. The second-order valence-corrected chi connectivity index (χ2v) is 7.11. The summed E-state index contributed by atoms with van der Waals surface area (Å²) in [7, 11) is 0. The number of nitrogens with one attached hydrogen (secondary N) is 1. The molecule has 0 bridgehead atoms. The van der Waals surface area contributed by atoms with Gasteiger partial charge in [-0.3, -0.25) is 9.69 Å². The maximum atomic E-state index is 12.7. The van der Waals surface area contributed by atoms with Crippen LogP contribution in [0.15, 0.2) is 24.3 Å². The lowest BCUT2D eigenvalue weighted by Crippen LogP contribution is -2.43. The Labute approximate surface area is 163 Å². The van der Waals surface area contributed by atoms with Crippen molar-refractivity contribution in [3.8, 4) is 5.75 Å². The van der Waals surface area contributed by atoms with E-state index in [0.29, 0.717) is 19.6 Å². The summed E-state index contributed by atoms with van der Waals surface area (Å²) in [6.07, 6.45) is 2.48. The summed E-state index contributed by atoms with van der Waals surface area (Å²) in [6, 6.07) is 7.51. The fourth-order valence-electron chi connectivity index (χ4n) is 3.07. The number of morpholine rings is 1. The average Bonchev–Trinajstić information content (AvgIpc) is 2.69. The van der Waals surface area contributed by atoms with Crippen molar-refractivity contribution in [2.75, 3.05) is 51.4 Å². The minimum atomic E-state index is -0.794. The number of benzene rings is 1. The van der Waals surface area contributed by atoms with Crippen LogP contribution in [0.4, 0.5) is 5.69 Å². The molecule has 2 rings (SSSR count). The highest BCUT2D eigenvalue weighted by Gasteiger charge is 2.33. The molecule has 1 atom stereocenters. The largest absolute Gasteiger partial charge is 0.492 e. The van der Waals surface area contributed by atoms with Crippen molar-refractivity contribution in [1.82, 2.24) is 4.90 Å². The van der Waals surface area contributed by atoms with Crippen molar-refractivity contribution in [1.29, 1.82) is 0 Å². The summed E-state index contributed by atoms with van der Waals surface area (Å²) in [5.41, 5.74) is -0.0408. The first kappa shape index (κ1) is 21.7. The molecule has 0 aliphatic carbocycles. The number of carbonyl (C=O) groups excluding carboxylic acids is 1. The smallest absolute Gasteiger partial charge is 0.256 e. The third-order valence-electron chi connectivity index (χ3n) is 4.72. The van der Waals surface area contributed by atoms with Gasteiger partial charge >= 0.3 is 0 Å². The van der Waals surface area contributed by atoms with Gasteiger partial charge in [0.2, 0.25) is 0 Å². The van der Waals surface area contributed by atoms with Crippen molar-refractivity contribution in [3.05, 3.63) is 24.3 Å². The van der Waals surface area contributed by atoms with Gasteiger partial charge < -0.3 is 19.5 Å². The number of nitrogens with zero attached hydrogens (tertiary/aromatic N) is 1. The molecule has 1 amide bonds. The second-order valence-electron chi connectivity index (χ2n) is 7.11. The molecule has 1 aromatic rings. The van der Waals surface area contributed by atoms with Gasteiger partial charge in [0, 0.05) is 31.9 Å². The van der Waals surface area contributed by atoms with E-state index in [1.54, 1.807) is 0 Å². The monoisotopic (exact) mass is 378 g/mol. The quantitative estimate of drug-likeness (QED) is 0.640. The number of ether oxygens (including phenoxy) is 3. The van der Waals surface area contributed by atoms with E-state index in [1.165, 1.54) is 0 Å². The number of amides is 1. The van der Waals surface area contributed by atoms with E-state index < -0.39 is 5.60 Å². The van der Waals surface area contributed by atoms with Crippen LogP contribution in [0, 0.1) is 0 Å². The Bertz CT molecular complexity index is 558. The third kappa shape index (κ3) is 7.13. The van der Waals surface area contributed by atoms with E-state index in [0.717, 1.165) is 57.1 Å². The van der Waals surface area contributed by atoms with Crippen LogP contribution in [-0.2, 0) is 14.3 Å². The molecule has 6 nitrogen and oxygen atoms in total. The van der Waals surface area contributed by atoms with E-state index in [4.69, 9.17) is 14.2 Å². The highest BCUT2D eigenvalue weighted by Crippen LogP contribution is 2.22. The predicted octanol–water partition coefficient (Wildman–Crippen LogP) is 3.32. The summed E-state index contributed by atoms with van der Waals surface area (Å²) in [4.78, 5) is 15.0. The Balaban J connectivity index is 1.81. The van der Waals surface area contributed by atoms with Crippen LogP contribution >= 0.6 is 0 Å². The third-order valence-corrected chi connectivity index (χ3v) is 4.72. The van der Waals surface area contributed by atoms with Gasteiger partial charge in [0.25, 0.3) is 5.91 Å². The zero-order valence-electron chi connectivity index (χ0n) is 17.0. The van der Waals surface area contributed by atoms with Crippen molar-refractivity contribution >= 4 is 11.6 Å². The molecule has 27 heavy (non-hydrogen) atoms. The first-order valence-corrected chi connectivity index (χ1v) is 10.1. The lowest BCUT2D eigenvalue weighted by molar-refractivity contribution is -0.140. The molecule has 1 heterocycles. The zero-order chi connectivity index (χ0) is 19.5. The minimum absolute atomic E-state index is 0.0983. The molecule has 0 spiro atoms. The number of anilines is 1. The second kappa shape index (κ2) is 11.3. The SMILES string of the molecule is CCCO[C@](C)(CCC)C(=O)Nc1ccc(OCCN2CCOCC2)cc1. The van der Waals surface area contributed by atoms with Gasteiger partial charge in [-0.2, -0.15) is 0 Å². The van der Waals surface area contributed by atoms with Crippen LogP contribution in [0.3, 0.4) is 0 Å². The zero-order valence-corrected chi connectivity index (χ0v) is 17.0. The molecule has 0 saturated carbocycles. The molecule has 1 aliphatic rings. The highest BCUT2D eigenvalue weighted by atomic mass is 16.5. The maximum absolute atomic E-state index is 12.7. The van der Waals surface area contributed by atoms with Crippen LogP contribution in [-0.4, -0.2) is 62.5 Å². The lowest BCUT2D eigenvalue weighted by atomic mass is 9.99. The molecule has 6 heteroatoms. The topological polar surface area (TPSA) is 60.0 Å². The van der Waals surface area contributed by atoms with E-state index in [9.17, 15) is 4.79 Å². The Kier molecular flexibility index (Phi) is 9.04. The van der Waals surface area contributed by atoms with Crippen LogP contribution in [0.25, 0.3) is 0 Å². The molecule has 1 saturated heterocycles. The molecular weight excluding hydrogens is 344 g/mol. The van der Waals surface area contributed by atoms with E-state index in [-0.39, 0.29) is 5.91 Å². The molecular formula is C21H34N2O4. The molecule has 0 radical (unpaired) electrons. The van der Waals surface area contributed by atoms with Crippen LogP contribution in [0.2, 0.25) is 0 Å². The summed E-state index contributed by atoms with van der Waals surface area (Å²) in [5.74, 6) is 0.707. The van der Waals surface area contributed by atoms with Gasteiger partial charge in [0.1, 0.15) is 18.0 Å². The fourth-order valence-corrected chi connectivity index (χ4v) is 3.07. The molecule has 1 aliphatic heterocycles. The van der Waals surface area contributed by atoms with Crippen molar-refractivity contribution in [2.45, 2.75) is 45.6 Å². The van der Waals surface area contributed by atoms with Crippen LogP contribution in [0.5, 0.6) is 5.75 Å². The van der Waals surface area contributed by atoms with E-state index in [2.05, 4.69) is 17.1 Å². The highest BCUT2D eigenvalue weighted by molar-refractivity contribution is 5.97. The predicted molar refractivity (Wildman–Crippen MR) is 107 cm³/mol. The number of hydrogen-bond acceptors (Lipinski definition) is 5. The molecule has 1 fully saturated rings. The van der Waals surface area contributed by atoms with Gasteiger partial charge in [-0.25, -0.2) is 0 Å². The van der Waals surface area contributed by atoms with Crippen molar-refractivity contribution in [2.24, 2.45) is 0 Å². The van der Waals surface area contributed by atoms with Gasteiger partial charge in [-0.05, 0) is 44.0 Å². The fraction of sp³-hybridized carbons (Fsp3) is 0.667. The van der Waals surface area contributed by atoms with E-state index >= 15 is 0 Å². The number of carbonyl (C=O) groups is 1. The van der Waals surface area contributed by atoms with Gasteiger partial charge in [-0.1, -0.05) is 20.3 Å². The van der Waals surface area contributed by atoms with Gasteiger partial charge in [-0.15, -0.1) is 0 Å². The molecule has 0 unspecified atom stereocenters. The Morgan fingerprint density at radius 1 is 1.15 bits per heavy atom. The first-order chi connectivity index (χ1) is 13.1. The summed E-state index contributed by atoms with van der Waals surface area (Å²) < 4.78 is 17.0. The lowest BCUT2D eigenvalue weighted by Gasteiger charge is -2.28. The van der Waals surface area contributed by atoms with Gasteiger partial charge in [0.15, 0.2) is 0 Å². The number of rotatable bonds is 11. The average molecular weight is 379 g/mol. The standard InChI is InChI=1S/C21H34N2O4/c1-4-10-21(3,27-14-5-2)20(24)22-18-6-8-19(9-7-18)26-17-13-23-11-15-25-16-12-23/h6-9H,4-5,10-17H2,1-3H3,(H,22,24)/t21-/m1/s1. The maximum Gasteiger partial charge on any atom is 0.256 e.